The summed E-state index contributed by atoms with van der Waals surface area (Å²) in [4.78, 5) is 62.4. The highest BCUT2D eigenvalue weighted by Crippen LogP contribution is 2.71. The molecule has 230 valence electrons. The Hall–Kier alpha value is -2.98. The summed E-state index contributed by atoms with van der Waals surface area (Å²) < 4.78 is 21.9. The molecule has 2 saturated carbocycles. The molecule has 0 bridgehead atoms. The molecule has 42 heavy (non-hydrogen) atoms. The maximum absolute atomic E-state index is 14.0. The SMILES string of the molecule is CCOC(=O)OC1=C[C@H]2[C@@H]3C[C@H](C)[C@@](OC(=O)CC)(C(=O)COC(=O)CC)[C@@]3(C)C[C@H](O)[C@]2(Cl)[C@@]2(C)C=CC(=O)C=C12. The van der Waals surface area contributed by atoms with E-state index < -0.39 is 75.6 Å². The van der Waals surface area contributed by atoms with Gasteiger partial charge in [-0.2, -0.15) is 0 Å². The second-order valence-corrected chi connectivity index (χ2v) is 12.6. The van der Waals surface area contributed by atoms with Crippen molar-refractivity contribution in [2.75, 3.05) is 13.2 Å². The molecule has 11 heteroatoms. The van der Waals surface area contributed by atoms with Crippen molar-refractivity contribution in [2.24, 2.45) is 28.6 Å². The van der Waals surface area contributed by atoms with E-state index in [9.17, 15) is 29.1 Å². The summed E-state index contributed by atoms with van der Waals surface area (Å²) in [6.07, 6.45) is 4.12. The summed E-state index contributed by atoms with van der Waals surface area (Å²) in [6.45, 7) is 9.68. The molecular weight excluding hydrogens is 568 g/mol. The Balaban J connectivity index is 1.90. The van der Waals surface area contributed by atoms with Crippen LogP contribution in [0.3, 0.4) is 0 Å². The molecule has 0 heterocycles. The largest absolute Gasteiger partial charge is 0.513 e. The second kappa shape index (κ2) is 11.3. The van der Waals surface area contributed by atoms with Gasteiger partial charge in [-0.15, -0.1) is 11.6 Å². The fourth-order valence-corrected chi connectivity index (χ4v) is 8.34. The molecule has 0 aromatic heterocycles. The van der Waals surface area contributed by atoms with Gasteiger partial charge in [0.05, 0.1) is 17.6 Å². The minimum atomic E-state index is -1.73. The maximum Gasteiger partial charge on any atom is 0.513 e. The minimum absolute atomic E-state index is 0.00511. The number of ether oxygens (including phenoxy) is 4. The molecule has 0 saturated heterocycles. The predicted octanol–water partition coefficient (Wildman–Crippen LogP) is 4.36. The zero-order valence-electron chi connectivity index (χ0n) is 24.9. The van der Waals surface area contributed by atoms with E-state index in [1.807, 2.05) is 0 Å². The molecule has 2 fully saturated rings. The van der Waals surface area contributed by atoms with E-state index in [0.717, 1.165) is 0 Å². The number of aliphatic hydroxyl groups excluding tert-OH is 1. The van der Waals surface area contributed by atoms with Crippen LogP contribution in [-0.4, -0.2) is 64.6 Å². The molecule has 0 radical (unpaired) electrons. The molecule has 4 rings (SSSR count). The molecule has 4 aliphatic carbocycles. The number of carbonyl (C=O) groups is 5. The third kappa shape index (κ3) is 4.53. The Kier molecular flexibility index (Phi) is 8.57. The number of Topliss-reactive ketones (excluding diaryl/α,β-unsaturated/α-hetero) is 1. The highest BCUT2D eigenvalue weighted by Gasteiger charge is 2.76. The van der Waals surface area contributed by atoms with Crippen molar-refractivity contribution in [1.29, 1.82) is 0 Å². The van der Waals surface area contributed by atoms with Crippen LogP contribution in [0.25, 0.3) is 0 Å². The van der Waals surface area contributed by atoms with E-state index in [2.05, 4.69) is 0 Å². The van der Waals surface area contributed by atoms with Crippen LogP contribution >= 0.6 is 11.6 Å². The van der Waals surface area contributed by atoms with E-state index in [-0.39, 0.29) is 37.4 Å². The number of allylic oxidation sites excluding steroid dienone is 5. The number of aliphatic hydroxyl groups is 1. The average Bonchev–Trinajstić information content (AvgIpc) is 3.15. The average molecular weight is 607 g/mol. The van der Waals surface area contributed by atoms with E-state index in [0.29, 0.717) is 12.0 Å². The van der Waals surface area contributed by atoms with Crippen molar-refractivity contribution in [3.63, 3.8) is 0 Å². The first-order chi connectivity index (χ1) is 19.7. The van der Waals surface area contributed by atoms with Gasteiger partial charge in [-0.1, -0.05) is 40.7 Å². The fraction of sp³-hybridized carbons (Fsp3) is 0.645. The van der Waals surface area contributed by atoms with Crippen LogP contribution in [0.5, 0.6) is 0 Å². The fourth-order valence-electron chi connectivity index (χ4n) is 7.88. The van der Waals surface area contributed by atoms with Gasteiger partial charge in [-0.05, 0) is 43.9 Å². The molecular formula is C31H39ClO10. The molecule has 8 atom stereocenters. The first kappa shape index (κ1) is 31.9. The zero-order chi connectivity index (χ0) is 31.3. The lowest BCUT2D eigenvalue weighted by atomic mass is 9.47. The van der Waals surface area contributed by atoms with Gasteiger partial charge in [-0.3, -0.25) is 19.2 Å². The molecule has 10 nitrogen and oxygen atoms in total. The Labute approximate surface area is 250 Å². The van der Waals surface area contributed by atoms with Crippen molar-refractivity contribution in [3.05, 3.63) is 35.6 Å². The highest BCUT2D eigenvalue weighted by molar-refractivity contribution is 6.26. The topological polar surface area (TPSA) is 143 Å². The summed E-state index contributed by atoms with van der Waals surface area (Å²) in [5.41, 5.74) is -3.73. The van der Waals surface area contributed by atoms with Crippen LogP contribution in [0, 0.1) is 28.6 Å². The normalized spacial score (nSPS) is 38.2. The number of fused-ring (bicyclic) bond motifs is 5. The highest BCUT2D eigenvalue weighted by atomic mass is 35.5. The Bertz CT molecular complexity index is 1280. The first-order valence-electron chi connectivity index (χ1n) is 14.5. The molecule has 0 aromatic rings. The second-order valence-electron chi connectivity index (χ2n) is 12.0. The standard InChI is InChI=1S/C31H39ClO10/c1-7-25(36)40-16-24(35)31(42-26(37)8-2)17(4)12-19-20-14-22(41-27(38)39-9-3)21-13-18(33)10-11-28(21,5)30(20,32)23(34)15-29(19,31)6/h10-11,13-14,17,19-20,23,34H,7-9,12,15-16H2,1-6H3/t17-,19-,20-,23-,28-,29-,30-,31+/m0/s1. The van der Waals surface area contributed by atoms with Gasteiger partial charge in [0.2, 0.25) is 5.78 Å². The summed E-state index contributed by atoms with van der Waals surface area (Å²) >= 11 is 7.52. The van der Waals surface area contributed by atoms with Crippen molar-refractivity contribution in [2.45, 2.75) is 83.8 Å². The van der Waals surface area contributed by atoms with Crippen LogP contribution in [0.4, 0.5) is 4.79 Å². The number of alkyl halides is 1. The smallest absolute Gasteiger partial charge is 0.457 e. The number of halogens is 1. The van der Waals surface area contributed by atoms with Gasteiger partial charge in [-0.25, -0.2) is 4.79 Å². The van der Waals surface area contributed by atoms with Gasteiger partial charge in [0, 0.05) is 41.1 Å². The Morgan fingerprint density at radius 2 is 1.74 bits per heavy atom. The summed E-state index contributed by atoms with van der Waals surface area (Å²) in [5.74, 6) is -3.73. The van der Waals surface area contributed by atoms with Crippen LogP contribution in [0.1, 0.15) is 67.2 Å². The third-order valence-electron chi connectivity index (χ3n) is 9.89. The summed E-state index contributed by atoms with van der Waals surface area (Å²) in [7, 11) is 0. The van der Waals surface area contributed by atoms with Crippen molar-refractivity contribution >= 4 is 41.3 Å². The number of esters is 2. The van der Waals surface area contributed by atoms with Crippen LogP contribution < -0.4 is 0 Å². The van der Waals surface area contributed by atoms with Crippen molar-refractivity contribution in [3.8, 4) is 0 Å². The Morgan fingerprint density at radius 1 is 1.07 bits per heavy atom. The number of hydrogen-bond acceptors (Lipinski definition) is 10. The number of hydrogen-bond donors (Lipinski definition) is 1. The monoisotopic (exact) mass is 606 g/mol. The van der Waals surface area contributed by atoms with E-state index in [4.69, 9.17) is 30.5 Å². The molecule has 0 unspecified atom stereocenters. The first-order valence-corrected chi connectivity index (χ1v) is 14.8. The molecule has 1 N–H and O–H groups in total. The number of carbonyl (C=O) groups excluding carboxylic acids is 5. The number of rotatable bonds is 8. The lowest BCUT2D eigenvalue weighted by Crippen LogP contribution is -2.69. The molecule has 0 aromatic carbocycles. The molecule has 4 aliphatic rings. The van der Waals surface area contributed by atoms with Gasteiger partial charge >= 0.3 is 18.1 Å². The molecule has 0 aliphatic heterocycles. The number of ketones is 2. The van der Waals surface area contributed by atoms with E-state index in [1.54, 1.807) is 53.7 Å². The summed E-state index contributed by atoms with van der Waals surface area (Å²) in [6, 6.07) is 0. The van der Waals surface area contributed by atoms with Gasteiger partial charge < -0.3 is 24.1 Å². The predicted molar refractivity (Wildman–Crippen MR) is 150 cm³/mol. The minimum Gasteiger partial charge on any atom is -0.457 e. The van der Waals surface area contributed by atoms with Crippen molar-refractivity contribution in [1.82, 2.24) is 0 Å². The maximum atomic E-state index is 14.0. The quantitative estimate of drug-likeness (QED) is 0.240. The molecule has 0 spiro atoms. The lowest BCUT2D eigenvalue weighted by Gasteiger charge is -2.62. The van der Waals surface area contributed by atoms with Gasteiger partial charge in [0.15, 0.2) is 18.0 Å². The van der Waals surface area contributed by atoms with Gasteiger partial charge in [0.1, 0.15) is 5.76 Å². The van der Waals surface area contributed by atoms with Crippen LogP contribution in [0.2, 0.25) is 0 Å². The molecule has 0 amide bonds. The van der Waals surface area contributed by atoms with Crippen LogP contribution in [-0.2, 0) is 38.1 Å². The lowest BCUT2D eigenvalue weighted by molar-refractivity contribution is -0.201. The Morgan fingerprint density at radius 3 is 2.36 bits per heavy atom. The van der Waals surface area contributed by atoms with Crippen molar-refractivity contribution < 1.29 is 48.0 Å². The van der Waals surface area contributed by atoms with Gasteiger partial charge in [0.25, 0.3) is 0 Å². The van der Waals surface area contributed by atoms with Crippen LogP contribution in [0.15, 0.2) is 35.6 Å². The van der Waals surface area contributed by atoms with E-state index >= 15 is 0 Å². The summed E-state index contributed by atoms with van der Waals surface area (Å²) in [5, 5.41) is 12.0. The van der Waals surface area contributed by atoms with E-state index in [1.165, 1.54) is 12.2 Å². The third-order valence-corrected chi connectivity index (χ3v) is 10.8. The zero-order valence-corrected chi connectivity index (χ0v) is 25.6.